The summed E-state index contributed by atoms with van der Waals surface area (Å²) in [6, 6.07) is 13.5. The van der Waals surface area contributed by atoms with E-state index >= 15 is 0 Å². The lowest BCUT2D eigenvalue weighted by Gasteiger charge is -2.21. The van der Waals surface area contributed by atoms with Gasteiger partial charge in [0.15, 0.2) is 0 Å². The van der Waals surface area contributed by atoms with E-state index in [-0.39, 0.29) is 11.9 Å². The zero-order chi connectivity index (χ0) is 14.5. The number of hydrogen-bond acceptors (Lipinski definition) is 1. The fourth-order valence-corrected chi connectivity index (χ4v) is 2.77. The maximum atomic E-state index is 13.5. The van der Waals surface area contributed by atoms with Crippen molar-refractivity contribution in [1.29, 1.82) is 0 Å². The first-order chi connectivity index (χ1) is 9.63. The third-order valence-electron chi connectivity index (χ3n) is 3.33. The molecule has 0 saturated heterocycles. The fourth-order valence-electron chi connectivity index (χ4n) is 2.25. The van der Waals surface area contributed by atoms with Crippen molar-refractivity contribution in [3.63, 3.8) is 0 Å². The van der Waals surface area contributed by atoms with Crippen molar-refractivity contribution in [2.75, 3.05) is 6.54 Å². The Hall–Kier alpha value is -1.19. The molecule has 106 valence electrons. The van der Waals surface area contributed by atoms with Crippen molar-refractivity contribution < 1.29 is 4.39 Å². The molecular formula is C17H19BrFN. The number of rotatable bonds is 5. The van der Waals surface area contributed by atoms with E-state index in [9.17, 15) is 4.39 Å². The summed E-state index contributed by atoms with van der Waals surface area (Å²) in [5.74, 6) is -0.157. The SMILES string of the molecule is CCCNC(c1ccc(F)c(C)c1)c1ccccc1Br. The zero-order valence-electron chi connectivity index (χ0n) is 11.8. The van der Waals surface area contributed by atoms with E-state index < -0.39 is 0 Å². The first kappa shape index (κ1) is 15.2. The van der Waals surface area contributed by atoms with Gasteiger partial charge in [0.1, 0.15) is 5.82 Å². The molecule has 2 rings (SSSR count). The van der Waals surface area contributed by atoms with Crippen LogP contribution in [0.3, 0.4) is 0 Å². The molecule has 1 nitrogen and oxygen atoms in total. The number of nitrogens with one attached hydrogen (secondary N) is 1. The van der Waals surface area contributed by atoms with Crippen LogP contribution >= 0.6 is 15.9 Å². The third-order valence-corrected chi connectivity index (χ3v) is 4.05. The molecule has 0 spiro atoms. The third kappa shape index (κ3) is 3.47. The van der Waals surface area contributed by atoms with Crippen LogP contribution in [0.5, 0.6) is 0 Å². The normalized spacial score (nSPS) is 12.4. The number of benzene rings is 2. The van der Waals surface area contributed by atoms with E-state index in [2.05, 4.69) is 34.2 Å². The molecule has 2 aromatic carbocycles. The molecule has 0 aliphatic carbocycles. The molecule has 0 heterocycles. The molecule has 0 amide bonds. The average Bonchev–Trinajstić information content (AvgIpc) is 2.44. The van der Waals surface area contributed by atoms with Gasteiger partial charge in [0.05, 0.1) is 6.04 Å². The van der Waals surface area contributed by atoms with E-state index in [0.717, 1.165) is 23.0 Å². The minimum Gasteiger partial charge on any atom is -0.306 e. The van der Waals surface area contributed by atoms with Crippen LogP contribution in [0, 0.1) is 12.7 Å². The molecule has 0 aliphatic rings. The molecule has 3 heteroatoms. The smallest absolute Gasteiger partial charge is 0.126 e. The van der Waals surface area contributed by atoms with Crippen LogP contribution in [-0.2, 0) is 0 Å². The van der Waals surface area contributed by atoms with Gasteiger partial charge in [0.2, 0.25) is 0 Å². The van der Waals surface area contributed by atoms with Gasteiger partial charge in [-0.1, -0.05) is 53.2 Å². The van der Waals surface area contributed by atoms with Gasteiger partial charge in [-0.05, 0) is 48.7 Å². The highest BCUT2D eigenvalue weighted by Crippen LogP contribution is 2.29. The summed E-state index contributed by atoms with van der Waals surface area (Å²) >= 11 is 3.61. The van der Waals surface area contributed by atoms with E-state index in [0.29, 0.717) is 5.56 Å². The molecule has 0 aromatic heterocycles. The highest BCUT2D eigenvalue weighted by Gasteiger charge is 2.16. The predicted molar refractivity (Wildman–Crippen MR) is 85.4 cm³/mol. The number of aryl methyl sites for hydroxylation is 1. The first-order valence-electron chi connectivity index (χ1n) is 6.87. The minimum absolute atomic E-state index is 0.0739. The highest BCUT2D eigenvalue weighted by atomic mass is 79.9. The summed E-state index contributed by atoms with van der Waals surface area (Å²) in [6.45, 7) is 4.86. The van der Waals surface area contributed by atoms with E-state index in [4.69, 9.17) is 0 Å². The lowest BCUT2D eigenvalue weighted by molar-refractivity contribution is 0.589. The minimum atomic E-state index is -0.157. The molecule has 20 heavy (non-hydrogen) atoms. The van der Waals surface area contributed by atoms with Gasteiger partial charge >= 0.3 is 0 Å². The van der Waals surface area contributed by atoms with Crippen molar-refractivity contribution in [3.05, 3.63) is 69.4 Å². The zero-order valence-corrected chi connectivity index (χ0v) is 13.4. The van der Waals surface area contributed by atoms with Crippen molar-refractivity contribution in [2.45, 2.75) is 26.3 Å². The van der Waals surface area contributed by atoms with Crippen LogP contribution in [-0.4, -0.2) is 6.54 Å². The van der Waals surface area contributed by atoms with Gasteiger partial charge in [-0.15, -0.1) is 0 Å². The number of halogens is 2. The molecule has 0 saturated carbocycles. The Kier molecular flexibility index (Phi) is 5.32. The van der Waals surface area contributed by atoms with Crippen LogP contribution < -0.4 is 5.32 Å². The second kappa shape index (κ2) is 7.00. The summed E-state index contributed by atoms with van der Waals surface area (Å²) in [5, 5.41) is 3.54. The summed E-state index contributed by atoms with van der Waals surface area (Å²) in [7, 11) is 0. The van der Waals surface area contributed by atoms with Gasteiger partial charge in [-0.3, -0.25) is 0 Å². The van der Waals surface area contributed by atoms with Crippen LogP contribution in [0.25, 0.3) is 0 Å². The molecule has 1 N–H and O–H groups in total. The Morgan fingerprint density at radius 3 is 2.60 bits per heavy atom. The summed E-state index contributed by atoms with van der Waals surface area (Å²) in [4.78, 5) is 0. The highest BCUT2D eigenvalue weighted by molar-refractivity contribution is 9.10. The van der Waals surface area contributed by atoms with Crippen molar-refractivity contribution >= 4 is 15.9 Å². The van der Waals surface area contributed by atoms with E-state index in [1.807, 2.05) is 30.3 Å². The van der Waals surface area contributed by atoms with Crippen LogP contribution in [0.15, 0.2) is 46.9 Å². The van der Waals surface area contributed by atoms with E-state index in [1.165, 1.54) is 5.56 Å². The van der Waals surface area contributed by atoms with Crippen molar-refractivity contribution in [2.24, 2.45) is 0 Å². The molecule has 2 aromatic rings. The van der Waals surface area contributed by atoms with Gasteiger partial charge in [-0.2, -0.15) is 0 Å². The maximum absolute atomic E-state index is 13.5. The molecule has 0 bridgehead atoms. The van der Waals surface area contributed by atoms with E-state index in [1.54, 1.807) is 13.0 Å². The summed E-state index contributed by atoms with van der Waals surface area (Å²) in [5.41, 5.74) is 2.94. The summed E-state index contributed by atoms with van der Waals surface area (Å²) in [6.07, 6.45) is 1.06. The van der Waals surface area contributed by atoms with Gasteiger partial charge < -0.3 is 5.32 Å². The molecule has 0 fully saturated rings. The molecule has 0 radical (unpaired) electrons. The quantitative estimate of drug-likeness (QED) is 0.811. The molecule has 0 aliphatic heterocycles. The van der Waals surface area contributed by atoms with Gasteiger partial charge in [0, 0.05) is 4.47 Å². The Bertz CT molecular complexity index is 583. The van der Waals surface area contributed by atoms with Crippen molar-refractivity contribution in [1.82, 2.24) is 5.32 Å². The lowest BCUT2D eigenvalue weighted by atomic mass is 9.97. The van der Waals surface area contributed by atoms with Gasteiger partial charge in [0.25, 0.3) is 0 Å². The predicted octanol–water partition coefficient (Wildman–Crippen LogP) is 4.99. The summed E-state index contributed by atoms with van der Waals surface area (Å²) < 4.78 is 14.5. The monoisotopic (exact) mass is 335 g/mol. The molecule has 1 unspecified atom stereocenters. The Morgan fingerprint density at radius 2 is 1.95 bits per heavy atom. The maximum Gasteiger partial charge on any atom is 0.126 e. The Labute approximate surface area is 128 Å². The second-order valence-electron chi connectivity index (χ2n) is 4.92. The molecular weight excluding hydrogens is 317 g/mol. The van der Waals surface area contributed by atoms with Crippen molar-refractivity contribution in [3.8, 4) is 0 Å². The Morgan fingerprint density at radius 1 is 1.20 bits per heavy atom. The molecule has 1 atom stereocenters. The topological polar surface area (TPSA) is 12.0 Å². The fraction of sp³-hybridized carbons (Fsp3) is 0.294. The van der Waals surface area contributed by atoms with Gasteiger partial charge in [-0.25, -0.2) is 4.39 Å². The largest absolute Gasteiger partial charge is 0.306 e. The van der Waals surface area contributed by atoms with Crippen LogP contribution in [0.4, 0.5) is 4.39 Å². The average molecular weight is 336 g/mol. The standard InChI is InChI=1S/C17H19BrFN/c1-3-10-20-17(14-6-4-5-7-15(14)18)13-8-9-16(19)12(2)11-13/h4-9,11,17,20H,3,10H2,1-2H3. The van der Waals surface area contributed by atoms with Crippen LogP contribution in [0.2, 0.25) is 0 Å². The Balaban J connectivity index is 2.41. The lowest BCUT2D eigenvalue weighted by Crippen LogP contribution is -2.23. The second-order valence-corrected chi connectivity index (χ2v) is 5.77. The van der Waals surface area contributed by atoms with Crippen LogP contribution in [0.1, 0.15) is 36.1 Å². The first-order valence-corrected chi connectivity index (χ1v) is 7.66. The number of hydrogen-bond donors (Lipinski definition) is 1.